The molecule has 0 radical (unpaired) electrons. The van der Waals surface area contributed by atoms with Crippen LogP contribution in [0.25, 0.3) is 0 Å². The number of hydrogen-bond donors (Lipinski definition) is 2. The van der Waals surface area contributed by atoms with Gasteiger partial charge in [0.25, 0.3) is 0 Å². The molecule has 0 amide bonds. The molecule has 0 saturated heterocycles. The van der Waals surface area contributed by atoms with Crippen LogP contribution in [0.2, 0.25) is 0 Å². The molecule has 0 aliphatic carbocycles. The summed E-state index contributed by atoms with van der Waals surface area (Å²) in [4.78, 5) is 2.46. The van der Waals surface area contributed by atoms with E-state index >= 15 is 0 Å². The Morgan fingerprint density at radius 2 is 1.32 bits per heavy atom. The van der Waals surface area contributed by atoms with E-state index in [0.29, 0.717) is 13.2 Å². The maximum atomic E-state index is 8.84. The molecule has 0 atom stereocenters. The first-order valence-corrected chi connectivity index (χ1v) is 9.29. The molecule has 1 aromatic rings. The average molecular weight is 372 g/mol. The van der Waals surface area contributed by atoms with E-state index in [1.807, 2.05) is 0 Å². The second-order valence-corrected chi connectivity index (χ2v) is 6.66. The smallest absolute Gasteiger partial charge is 0.0431 e. The monoisotopic (exact) mass is 371 g/mol. The second kappa shape index (κ2) is 12.9. The predicted octanol–water partition coefficient (Wildman–Crippen LogP) is 4.36. The normalized spacial score (nSPS) is 10.9. The molecule has 22 heavy (non-hydrogen) atoms. The van der Waals surface area contributed by atoms with Crippen molar-refractivity contribution in [3.8, 4) is 0 Å². The van der Waals surface area contributed by atoms with Crippen LogP contribution in [0.15, 0.2) is 28.7 Å². The fourth-order valence-electron chi connectivity index (χ4n) is 2.58. The molecule has 0 aliphatic rings. The maximum absolute atomic E-state index is 8.84. The average Bonchev–Trinajstić information content (AvgIpc) is 2.52. The van der Waals surface area contributed by atoms with Crippen LogP contribution in [0.3, 0.4) is 0 Å². The molecule has 0 saturated carbocycles. The van der Waals surface area contributed by atoms with Gasteiger partial charge in [-0.25, -0.2) is 0 Å². The van der Waals surface area contributed by atoms with Gasteiger partial charge in [0, 0.05) is 36.5 Å². The van der Waals surface area contributed by atoms with Crippen molar-refractivity contribution in [3.63, 3.8) is 0 Å². The fourth-order valence-corrected chi connectivity index (χ4v) is 2.97. The van der Waals surface area contributed by atoms with E-state index in [4.69, 9.17) is 10.2 Å². The number of aliphatic hydroxyl groups is 2. The van der Waals surface area contributed by atoms with Crippen molar-refractivity contribution >= 4 is 21.6 Å². The Morgan fingerprint density at radius 3 is 1.82 bits per heavy atom. The Bertz CT molecular complexity index is 373. The van der Waals surface area contributed by atoms with Crippen molar-refractivity contribution in [3.05, 3.63) is 28.7 Å². The highest BCUT2D eigenvalue weighted by atomic mass is 79.9. The summed E-state index contributed by atoms with van der Waals surface area (Å²) in [7, 11) is 0. The molecule has 0 aliphatic heterocycles. The third-order valence-electron chi connectivity index (χ3n) is 3.85. The molecule has 2 N–H and O–H groups in total. The van der Waals surface area contributed by atoms with Gasteiger partial charge < -0.3 is 15.1 Å². The summed E-state index contributed by atoms with van der Waals surface area (Å²) >= 11 is 3.55. The topological polar surface area (TPSA) is 43.7 Å². The van der Waals surface area contributed by atoms with Gasteiger partial charge in [0.05, 0.1) is 0 Å². The van der Waals surface area contributed by atoms with Crippen LogP contribution in [0.4, 0.5) is 5.69 Å². The van der Waals surface area contributed by atoms with Gasteiger partial charge in [0.1, 0.15) is 0 Å². The number of anilines is 1. The lowest BCUT2D eigenvalue weighted by Gasteiger charge is -2.25. The minimum absolute atomic E-state index is 0.306. The zero-order valence-corrected chi connectivity index (χ0v) is 15.1. The third kappa shape index (κ3) is 8.76. The molecular weight excluding hydrogens is 342 g/mol. The number of hydrogen-bond acceptors (Lipinski definition) is 3. The molecule has 0 spiro atoms. The first-order chi connectivity index (χ1) is 10.8. The van der Waals surface area contributed by atoms with Crippen molar-refractivity contribution in [1.82, 2.24) is 0 Å². The molecule has 0 heterocycles. The van der Waals surface area contributed by atoms with Gasteiger partial charge in [-0.05, 0) is 43.9 Å². The van der Waals surface area contributed by atoms with Gasteiger partial charge in [0.2, 0.25) is 0 Å². The van der Waals surface area contributed by atoms with E-state index in [1.165, 1.54) is 31.4 Å². The highest BCUT2D eigenvalue weighted by Crippen LogP contribution is 2.21. The van der Waals surface area contributed by atoms with Gasteiger partial charge in [-0.2, -0.15) is 0 Å². The lowest BCUT2D eigenvalue weighted by molar-refractivity contribution is 0.282. The Balaban J connectivity index is 2.42. The first-order valence-electron chi connectivity index (χ1n) is 8.50. The van der Waals surface area contributed by atoms with Gasteiger partial charge in [0.15, 0.2) is 0 Å². The lowest BCUT2D eigenvalue weighted by Crippen LogP contribution is -2.25. The summed E-state index contributed by atoms with van der Waals surface area (Å²) in [6.45, 7) is 2.75. The van der Waals surface area contributed by atoms with Gasteiger partial charge >= 0.3 is 0 Å². The summed E-state index contributed by atoms with van der Waals surface area (Å²) in [5.74, 6) is 0. The van der Waals surface area contributed by atoms with E-state index in [-0.39, 0.29) is 0 Å². The minimum Gasteiger partial charge on any atom is -0.396 e. The van der Waals surface area contributed by atoms with Crippen molar-refractivity contribution < 1.29 is 10.2 Å². The van der Waals surface area contributed by atoms with Crippen LogP contribution in [-0.2, 0) is 0 Å². The third-order valence-corrected chi connectivity index (χ3v) is 4.34. The van der Waals surface area contributed by atoms with Crippen molar-refractivity contribution in [1.29, 1.82) is 0 Å². The van der Waals surface area contributed by atoms with Crippen LogP contribution in [0, 0.1) is 0 Å². The number of unbranched alkanes of at least 4 members (excludes halogenated alkanes) is 6. The van der Waals surface area contributed by atoms with E-state index in [9.17, 15) is 0 Å². The maximum Gasteiger partial charge on any atom is 0.0431 e. The predicted molar refractivity (Wildman–Crippen MR) is 97.5 cm³/mol. The molecule has 0 fully saturated rings. The van der Waals surface area contributed by atoms with Crippen LogP contribution in [0.5, 0.6) is 0 Å². The number of aliphatic hydroxyl groups excluding tert-OH is 2. The molecule has 0 aromatic heterocycles. The molecule has 126 valence electrons. The van der Waals surface area contributed by atoms with Crippen LogP contribution in [-0.4, -0.2) is 36.5 Å². The quantitative estimate of drug-likeness (QED) is 0.506. The zero-order chi connectivity index (χ0) is 16.0. The molecule has 0 unspecified atom stereocenters. The SMILES string of the molecule is OCCCCCCN(CCCCCCO)c1cccc(Br)c1. The number of rotatable bonds is 13. The van der Waals surface area contributed by atoms with E-state index in [0.717, 1.165) is 43.2 Å². The highest BCUT2D eigenvalue weighted by molar-refractivity contribution is 9.10. The molecule has 0 bridgehead atoms. The summed E-state index contributed by atoms with van der Waals surface area (Å²) in [5.41, 5.74) is 1.28. The summed E-state index contributed by atoms with van der Waals surface area (Å²) in [5, 5.41) is 17.7. The van der Waals surface area contributed by atoms with Gasteiger partial charge in [-0.15, -0.1) is 0 Å². The lowest BCUT2D eigenvalue weighted by atomic mass is 10.1. The Labute approximate surface area is 143 Å². The molecule has 1 rings (SSSR count). The zero-order valence-electron chi connectivity index (χ0n) is 13.5. The van der Waals surface area contributed by atoms with Gasteiger partial charge in [-0.1, -0.05) is 47.7 Å². The van der Waals surface area contributed by atoms with Crippen molar-refractivity contribution in [2.45, 2.75) is 51.4 Å². The molecular formula is C18H30BrNO2. The second-order valence-electron chi connectivity index (χ2n) is 5.74. The Morgan fingerprint density at radius 1 is 0.773 bits per heavy atom. The molecule has 3 nitrogen and oxygen atoms in total. The van der Waals surface area contributed by atoms with E-state index in [1.54, 1.807) is 0 Å². The van der Waals surface area contributed by atoms with E-state index in [2.05, 4.69) is 45.1 Å². The summed E-state index contributed by atoms with van der Waals surface area (Å²) < 4.78 is 1.12. The highest BCUT2D eigenvalue weighted by Gasteiger charge is 2.06. The van der Waals surface area contributed by atoms with Crippen LogP contribution in [0.1, 0.15) is 51.4 Å². The Kier molecular flexibility index (Phi) is 11.4. The fraction of sp³-hybridized carbons (Fsp3) is 0.667. The number of benzene rings is 1. The van der Waals surface area contributed by atoms with Crippen molar-refractivity contribution in [2.75, 3.05) is 31.2 Å². The van der Waals surface area contributed by atoms with Crippen LogP contribution < -0.4 is 4.90 Å². The largest absolute Gasteiger partial charge is 0.396 e. The molecule has 1 aromatic carbocycles. The van der Waals surface area contributed by atoms with Crippen LogP contribution >= 0.6 is 15.9 Å². The summed E-state index contributed by atoms with van der Waals surface area (Å²) in [6, 6.07) is 8.50. The standard InChI is InChI=1S/C18H30BrNO2/c19-17-10-9-11-18(16-17)20(12-5-1-3-7-14-21)13-6-2-4-8-15-22/h9-11,16,21-22H,1-8,12-15H2. The first kappa shape index (κ1) is 19.5. The van der Waals surface area contributed by atoms with Crippen molar-refractivity contribution in [2.24, 2.45) is 0 Å². The molecule has 4 heteroatoms. The minimum atomic E-state index is 0.306. The summed E-state index contributed by atoms with van der Waals surface area (Å²) in [6.07, 6.45) is 8.74. The number of nitrogens with zero attached hydrogens (tertiary/aromatic N) is 1. The Hall–Kier alpha value is -0.580. The van der Waals surface area contributed by atoms with Gasteiger partial charge in [-0.3, -0.25) is 0 Å². The van der Waals surface area contributed by atoms with E-state index < -0.39 is 0 Å². The number of halogens is 1.